The zero-order chi connectivity index (χ0) is 22.0. The van der Waals surface area contributed by atoms with Gasteiger partial charge in [-0.15, -0.1) is 0 Å². The van der Waals surface area contributed by atoms with Crippen LogP contribution in [0.15, 0.2) is 24.3 Å². The fourth-order valence-electron chi connectivity index (χ4n) is 4.82. The fourth-order valence-corrected chi connectivity index (χ4v) is 4.82. The molecule has 0 aliphatic heterocycles. The van der Waals surface area contributed by atoms with Gasteiger partial charge in [-0.1, -0.05) is 71.4 Å². The van der Waals surface area contributed by atoms with Crippen LogP contribution in [0.5, 0.6) is 0 Å². The Morgan fingerprint density at radius 1 is 0.900 bits per heavy atom. The van der Waals surface area contributed by atoms with E-state index in [1.54, 1.807) is 12.1 Å². The summed E-state index contributed by atoms with van der Waals surface area (Å²) in [5.74, 6) is 2.85. The molecule has 1 nitrogen and oxygen atoms in total. The van der Waals surface area contributed by atoms with E-state index in [9.17, 15) is 13.2 Å². The number of benzene rings is 1. The van der Waals surface area contributed by atoms with Crippen molar-refractivity contribution in [3.05, 3.63) is 35.4 Å². The molecule has 2 aliphatic carbocycles. The summed E-state index contributed by atoms with van der Waals surface area (Å²) >= 11 is 0. The Bertz CT molecular complexity index is 573. The maximum Gasteiger partial charge on any atom is 0.416 e. The van der Waals surface area contributed by atoms with Crippen LogP contribution in [-0.4, -0.2) is 13.1 Å². The lowest BCUT2D eigenvalue weighted by Crippen LogP contribution is -2.25. The first kappa shape index (κ1) is 25.2. The van der Waals surface area contributed by atoms with Crippen molar-refractivity contribution < 1.29 is 13.2 Å². The first-order chi connectivity index (χ1) is 14.3. The summed E-state index contributed by atoms with van der Waals surface area (Å²) in [6.07, 6.45) is 9.18. The molecule has 0 aromatic heterocycles. The molecule has 3 rings (SSSR count). The Kier molecular flexibility index (Phi) is 10.7. The van der Waals surface area contributed by atoms with Gasteiger partial charge in [0.05, 0.1) is 5.56 Å². The SMILES string of the molecule is CC(C)CCNCC1CCCCC1.C[C@H]1CCCCC1c1ccc(C(F)(F)F)cc1. The Morgan fingerprint density at radius 3 is 2.07 bits per heavy atom. The number of hydrogen-bond donors (Lipinski definition) is 1. The van der Waals surface area contributed by atoms with Gasteiger partial charge in [0.15, 0.2) is 0 Å². The summed E-state index contributed by atoms with van der Waals surface area (Å²) in [5.41, 5.74) is 0.509. The molecule has 30 heavy (non-hydrogen) atoms. The number of hydrogen-bond acceptors (Lipinski definition) is 1. The third-order valence-electron chi connectivity index (χ3n) is 6.83. The molecule has 172 valence electrons. The van der Waals surface area contributed by atoms with Crippen molar-refractivity contribution in [3.63, 3.8) is 0 Å². The van der Waals surface area contributed by atoms with Gasteiger partial charge in [-0.2, -0.15) is 13.2 Å². The second-order valence-electron chi connectivity index (χ2n) is 9.88. The van der Waals surface area contributed by atoms with Crippen LogP contribution >= 0.6 is 0 Å². The van der Waals surface area contributed by atoms with Gasteiger partial charge in [-0.25, -0.2) is 0 Å². The fraction of sp³-hybridized carbons (Fsp3) is 0.769. The molecule has 0 radical (unpaired) electrons. The highest BCUT2D eigenvalue weighted by Crippen LogP contribution is 2.38. The minimum Gasteiger partial charge on any atom is -0.316 e. The quantitative estimate of drug-likeness (QED) is 0.453. The highest BCUT2D eigenvalue weighted by Gasteiger charge is 2.31. The maximum absolute atomic E-state index is 12.4. The molecule has 0 bridgehead atoms. The molecule has 2 saturated carbocycles. The van der Waals surface area contributed by atoms with E-state index in [1.165, 1.54) is 83.0 Å². The number of halogens is 3. The highest BCUT2D eigenvalue weighted by atomic mass is 19.4. The minimum absolute atomic E-state index is 0.436. The predicted octanol–water partition coefficient (Wildman–Crippen LogP) is 8.20. The lowest BCUT2D eigenvalue weighted by molar-refractivity contribution is -0.137. The molecule has 1 unspecified atom stereocenters. The van der Waals surface area contributed by atoms with Gasteiger partial charge >= 0.3 is 6.18 Å². The van der Waals surface area contributed by atoms with Crippen molar-refractivity contribution in [3.8, 4) is 0 Å². The summed E-state index contributed by atoms with van der Waals surface area (Å²) in [6.45, 7) is 9.27. The third kappa shape index (κ3) is 8.99. The van der Waals surface area contributed by atoms with E-state index in [4.69, 9.17) is 0 Å². The summed E-state index contributed by atoms with van der Waals surface area (Å²) in [7, 11) is 0. The van der Waals surface area contributed by atoms with Crippen LogP contribution < -0.4 is 5.32 Å². The summed E-state index contributed by atoms with van der Waals surface area (Å²) < 4.78 is 37.3. The topological polar surface area (TPSA) is 12.0 Å². The molecule has 0 saturated heterocycles. The normalized spacial score (nSPS) is 23.2. The lowest BCUT2D eigenvalue weighted by atomic mass is 9.76. The first-order valence-electron chi connectivity index (χ1n) is 12.1. The second-order valence-corrected chi connectivity index (χ2v) is 9.88. The molecule has 2 fully saturated rings. The summed E-state index contributed by atoms with van der Waals surface area (Å²) in [4.78, 5) is 0. The second kappa shape index (κ2) is 12.7. The molecule has 1 aromatic rings. The van der Waals surface area contributed by atoms with Crippen molar-refractivity contribution in [2.24, 2.45) is 17.8 Å². The minimum atomic E-state index is -4.23. The van der Waals surface area contributed by atoms with Crippen LogP contribution in [0.25, 0.3) is 0 Å². The first-order valence-corrected chi connectivity index (χ1v) is 12.1. The zero-order valence-corrected chi connectivity index (χ0v) is 19.2. The monoisotopic (exact) mass is 425 g/mol. The smallest absolute Gasteiger partial charge is 0.316 e. The van der Waals surface area contributed by atoms with Crippen molar-refractivity contribution in [1.29, 1.82) is 0 Å². The van der Waals surface area contributed by atoms with Gasteiger partial charge < -0.3 is 5.32 Å². The number of alkyl halides is 3. The van der Waals surface area contributed by atoms with E-state index in [2.05, 4.69) is 26.1 Å². The largest absolute Gasteiger partial charge is 0.416 e. The molecule has 2 atom stereocenters. The van der Waals surface area contributed by atoms with Gasteiger partial charge in [0.25, 0.3) is 0 Å². The molecule has 1 N–H and O–H groups in total. The van der Waals surface area contributed by atoms with E-state index >= 15 is 0 Å². The molecular weight excluding hydrogens is 383 g/mol. The van der Waals surface area contributed by atoms with Crippen LogP contribution in [0, 0.1) is 17.8 Å². The molecule has 0 heterocycles. The zero-order valence-electron chi connectivity index (χ0n) is 19.2. The van der Waals surface area contributed by atoms with E-state index in [0.717, 1.165) is 23.8 Å². The number of nitrogens with one attached hydrogen (secondary N) is 1. The summed E-state index contributed by atoms with van der Waals surface area (Å²) in [5, 5.41) is 3.59. The Morgan fingerprint density at radius 2 is 1.50 bits per heavy atom. The van der Waals surface area contributed by atoms with Gasteiger partial charge in [0.2, 0.25) is 0 Å². The molecule has 1 aromatic carbocycles. The molecule has 0 spiro atoms. The van der Waals surface area contributed by atoms with Gasteiger partial charge in [-0.3, -0.25) is 0 Å². The maximum atomic E-state index is 12.4. The van der Waals surface area contributed by atoms with Crippen molar-refractivity contribution in [2.45, 2.75) is 97.1 Å². The average Bonchev–Trinajstić information content (AvgIpc) is 2.72. The van der Waals surface area contributed by atoms with Crippen molar-refractivity contribution in [2.75, 3.05) is 13.1 Å². The van der Waals surface area contributed by atoms with Crippen LogP contribution in [-0.2, 0) is 6.18 Å². The Balaban J connectivity index is 0.000000222. The Labute approximate surface area is 182 Å². The molecule has 0 amide bonds. The van der Waals surface area contributed by atoms with Crippen LogP contribution in [0.2, 0.25) is 0 Å². The molecule has 2 aliphatic rings. The van der Waals surface area contributed by atoms with Crippen LogP contribution in [0.1, 0.15) is 102 Å². The van der Waals surface area contributed by atoms with Crippen LogP contribution in [0.3, 0.4) is 0 Å². The van der Waals surface area contributed by atoms with Gasteiger partial charge in [0.1, 0.15) is 0 Å². The Hall–Kier alpha value is -1.03. The third-order valence-corrected chi connectivity index (χ3v) is 6.83. The van der Waals surface area contributed by atoms with Crippen molar-refractivity contribution >= 4 is 0 Å². The van der Waals surface area contributed by atoms with Gasteiger partial charge in [-0.05, 0) is 80.1 Å². The highest BCUT2D eigenvalue weighted by molar-refractivity contribution is 5.27. The lowest BCUT2D eigenvalue weighted by Gasteiger charge is -2.29. The standard InChI is InChI=1S/C14H17F3.C12H25N/c1-10-4-2-3-5-13(10)11-6-8-12(9-7-11)14(15,16)17;1-11(2)8-9-13-10-12-6-4-3-5-7-12/h6-10,13H,2-5H2,1H3;11-13H,3-10H2,1-2H3/t10-,13?;/m0./s1. The van der Waals surface area contributed by atoms with Gasteiger partial charge in [0, 0.05) is 0 Å². The molecule has 4 heteroatoms. The van der Waals surface area contributed by atoms with Crippen molar-refractivity contribution in [1.82, 2.24) is 5.32 Å². The van der Waals surface area contributed by atoms with Crippen LogP contribution in [0.4, 0.5) is 13.2 Å². The average molecular weight is 426 g/mol. The van der Waals surface area contributed by atoms with E-state index in [-0.39, 0.29) is 0 Å². The van der Waals surface area contributed by atoms with E-state index < -0.39 is 11.7 Å². The number of rotatable bonds is 6. The molecular formula is C26H42F3N. The summed E-state index contributed by atoms with van der Waals surface area (Å²) in [6, 6.07) is 5.71. The predicted molar refractivity (Wildman–Crippen MR) is 121 cm³/mol. The van der Waals surface area contributed by atoms with E-state index in [1.807, 2.05) is 0 Å². The van der Waals surface area contributed by atoms with E-state index in [0.29, 0.717) is 11.8 Å².